The monoisotopic (exact) mass is 393 g/mol. The molecular formula is C16H26F3N3O3Si. The molecule has 148 valence electrons. The molecular weight excluding hydrogens is 367 g/mol. The number of ether oxygens (including phenoxy) is 1. The van der Waals surface area contributed by atoms with Crippen LogP contribution in [-0.4, -0.2) is 42.2 Å². The van der Waals surface area contributed by atoms with Gasteiger partial charge in [-0.15, -0.1) is 0 Å². The Hall–Kier alpha value is -1.39. The minimum absolute atomic E-state index is 0.119. The van der Waals surface area contributed by atoms with Gasteiger partial charge < -0.3 is 15.2 Å². The fraction of sp³-hybridized carbons (Fsp3) is 0.750. The highest BCUT2D eigenvalue weighted by Crippen LogP contribution is 2.36. The van der Waals surface area contributed by atoms with E-state index in [-0.39, 0.29) is 19.3 Å². The maximum absolute atomic E-state index is 13.4. The summed E-state index contributed by atoms with van der Waals surface area (Å²) in [7, 11) is -1.33. The van der Waals surface area contributed by atoms with E-state index in [0.29, 0.717) is 11.3 Å². The zero-order chi connectivity index (χ0) is 19.5. The summed E-state index contributed by atoms with van der Waals surface area (Å²) in [6.07, 6.45) is -2.16. The zero-order valence-electron chi connectivity index (χ0n) is 15.3. The lowest BCUT2D eigenvalue weighted by molar-refractivity contribution is -0.138. The second-order valence-corrected chi connectivity index (χ2v) is 13.5. The third-order valence-corrected chi connectivity index (χ3v) is 5.97. The van der Waals surface area contributed by atoms with Crippen LogP contribution in [-0.2, 0) is 17.6 Å². The van der Waals surface area contributed by atoms with Crippen molar-refractivity contribution in [1.29, 1.82) is 0 Å². The first kappa shape index (κ1) is 20.9. The summed E-state index contributed by atoms with van der Waals surface area (Å²) in [5, 5.41) is 15.8. The van der Waals surface area contributed by atoms with Crippen molar-refractivity contribution in [2.45, 2.75) is 57.5 Å². The van der Waals surface area contributed by atoms with Crippen molar-refractivity contribution in [2.75, 3.05) is 18.5 Å². The Bertz CT molecular complexity index is 669. The second-order valence-electron chi connectivity index (χ2n) is 7.85. The van der Waals surface area contributed by atoms with Gasteiger partial charge >= 0.3 is 6.18 Å². The fourth-order valence-electron chi connectivity index (χ4n) is 2.50. The first-order valence-corrected chi connectivity index (χ1v) is 12.4. The summed E-state index contributed by atoms with van der Waals surface area (Å²) in [6, 6.07) is 0.328. The van der Waals surface area contributed by atoms with Gasteiger partial charge in [-0.3, -0.25) is 4.79 Å². The summed E-state index contributed by atoms with van der Waals surface area (Å²) in [5.74, 6) is 0.119. The number of aliphatic hydroxyl groups is 1. The Kier molecular flexibility index (Phi) is 6.51. The number of aromatic nitrogens is 2. The van der Waals surface area contributed by atoms with Crippen molar-refractivity contribution in [1.82, 2.24) is 9.78 Å². The average Bonchev–Trinajstić information content (AvgIpc) is 3.33. The molecule has 1 aromatic heterocycles. The van der Waals surface area contributed by atoms with Gasteiger partial charge in [0.15, 0.2) is 0 Å². The van der Waals surface area contributed by atoms with Gasteiger partial charge in [0.05, 0.1) is 24.5 Å². The molecule has 0 bridgehead atoms. The van der Waals surface area contributed by atoms with Gasteiger partial charge in [-0.1, -0.05) is 19.6 Å². The summed E-state index contributed by atoms with van der Waals surface area (Å²) in [5.41, 5.74) is -2.95. The smallest absolute Gasteiger partial charge is 0.394 e. The number of alkyl halides is 3. The van der Waals surface area contributed by atoms with E-state index >= 15 is 0 Å². The molecule has 0 saturated heterocycles. The van der Waals surface area contributed by atoms with Crippen molar-refractivity contribution < 1.29 is 23.0 Å². The minimum atomic E-state index is -4.83. The van der Waals surface area contributed by atoms with Gasteiger partial charge in [-0.25, -0.2) is 4.68 Å². The highest BCUT2D eigenvalue weighted by atomic mass is 28.3. The molecule has 1 aliphatic rings. The van der Waals surface area contributed by atoms with Gasteiger partial charge in [0.2, 0.25) is 0 Å². The van der Waals surface area contributed by atoms with Crippen LogP contribution in [0, 0.1) is 5.92 Å². The third kappa shape index (κ3) is 5.81. The highest BCUT2D eigenvalue weighted by Gasteiger charge is 2.40. The molecule has 26 heavy (non-hydrogen) atoms. The summed E-state index contributed by atoms with van der Waals surface area (Å²) in [4.78, 5) is 12.3. The quantitative estimate of drug-likeness (QED) is 0.498. The number of nitrogens with zero attached hydrogens (tertiary/aromatic N) is 2. The molecule has 1 heterocycles. The zero-order valence-corrected chi connectivity index (χ0v) is 16.3. The Morgan fingerprint density at radius 1 is 1.42 bits per heavy atom. The lowest BCUT2D eigenvalue weighted by atomic mass is 10.1. The number of hydrogen-bond donors (Lipinski definition) is 2. The first-order valence-electron chi connectivity index (χ1n) is 8.65. The number of hydrogen-bond acceptors (Lipinski definition) is 5. The van der Waals surface area contributed by atoms with Gasteiger partial charge in [0, 0.05) is 14.7 Å². The highest BCUT2D eigenvalue weighted by molar-refractivity contribution is 6.76. The number of halogens is 3. The molecule has 1 unspecified atom stereocenters. The third-order valence-electron chi connectivity index (χ3n) is 4.27. The summed E-state index contributed by atoms with van der Waals surface area (Å²) < 4.78 is 46.3. The Morgan fingerprint density at radius 2 is 2.08 bits per heavy atom. The van der Waals surface area contributed by atoms with E-state index in [4.69, 9.17) is 4.74 Å². The number of nitrogens with one attached hydrogen (secondary N) is 1. The number of anilines is 1. The minimum Gasteiger partial charge on any atom is -0.394 e. The van der Waals surface area contributed by atoms with Crippen LogP contribution in [0.3, 0.4) is 0 Å². The van der Waals surface area contributed by atoms with Crippen molar-refractivity contribution in [3.63, 3.8) is 0 Å². The van der Waals surface area contributed by atoms with Crippen molar-refractivity contribution in [2.24, 2.45) is 5.92 Å². The van der Waals surface area contributed by atoms with Crippen LogP contribution in [0.4, 0.5) is 18.9 Å². The molecule has 0 amide bonds. The van der Waals surface area contributed by atoms with Crippen LogP contribution in [0.25, 0.3) is 0 Å². The predicted octanol–water partition coefficient (Wildman–Crippen LogP) is 2.76. The lowest BCUT2D eigenvalue weighted by Gasteiger charge is -2.21. The molecule has 6 nitrogen and oxygen atoms in total. The molecule has 2 rings (SSSR count). The molecule has 1 fully saturated rings. The Labute approximate surface area is 151 Å². The molecule has 0 radical (unpaired) electrons. The maximum atomic E-state index is 13.4. The molecule has 1 atom stereocenters. The Morgan fingerprint density at radius 3 is 2.58 bits per heavy atom. The van der Waals surface area contributed by atoms with Crippen LogP contribution in [0.15, 0.2) is 11.0 Å². The van der Waals surface area contributed by atoms with E-state index in [9.17, 15) is 23.1 Å². The number of rotatable bonds is 9. The molecule has 0 aromatic carbocycles. The molecule has 1 aromatic rings. The fourth-order valence-corrected chi connectivity index (χ4v) is 3.26. The molecule has 1 aliphatic carbocycles. The average molecular weight is 393 g/mol. The SMILES string of the molecule is C[Si](C)(C)CCOCn1ncc(NC(CO)C2CC2)c(C(F)(F)F)c1=O. The molecule has 0 aliphatic heterocycles. The summed E-state index contributed by atoms with van der Waals surface area (Å²) in [6.45, 7) is 6.21. The van der Waals surface area contributed by atoms with E-state index in [1.807, 2.05) is 0 Å². The largest absolute Gasteiger partial charge is 0.423 e. The van der Waals surface area contributed by atoms with E-state index < -0.39 is 37.1 Å². The van der Waals surface area contributed by atoms with Gasteiger partial charge in [0.1, 0.15) is 12.3 Å². The van der Waals surface area contributed by atoms with Gasteiger partial charge in [-0.2, -0.15) is 18.3 Å². The topological polar surface area (TPSA) is 76.4 Å². The van der Waals surface area contributed by atoms with E-state index in [1.54, 1.807) is 0 Å². The van der Waals surface area contributed by atoms with E-state index in [2.05, 4.69) is 30.1 Å². The van der Waals surface area contributed by atoms with Gasteiger partial charge in [-0.05, 0) is 24.8 Å². The van der Waals surface area contributed by atoms with E-state index in [0.717, 1.165) is 25.1 Å². The van der Waals surface area contributed by atoms with Crippen LogP contribution in [0.5, 0.6) is 0 Å². The van der Waals surface area contributed by atoms with E-state index in [1.165, 1.54) is 0 Å². The van der Waals surface area contributed by atoms with Crippen molar-refractivity contribution in [3.05, 3.63) is 22.1 Å². The molecule has 0 spiro atoms. The predicted molar refractivity (Wildman–Crippen MR) is 94.8 cm³/mol. The molecule has 1 saturated carbocycles. The summed E-state index contributed by atoms with van der Waals surface area (Å²) >= 11 is 0. The van der Waals surface area contributed by atoms with Crippen molar-refractivity contribution >= 4 is 13.8 Å². The Balaban J connectivity index is 2.17. The maximum Gasteiger partial charge on any atom is 0.423 e. The second kappa shape index (κ2) is 8.09. The van der Waals surface area contributed by atoms with Crippen molar-refractivity contribution in [3.8, 4) is 0 Å². The van der Waals surface area contributed by atoms with Crippen LogP contribution < -0.4 is 10.9 Å². The van der Waals surface area contributed by atoms with Crippen LogP contribution in [0.2, 0.25) is 25.7 Å². The molecule has 10 heteroatoms. The van der Waals surface area contributed by atoms with Crippen LogP contribution in [0.1, 0.15) is 18.4 Å². The first-order chi connectivity index (χ1) is 12.0. The van der Waals surface area contributed by atoms with Gasteiger partial charge in [0.25, 0.3) is 5.56 Å². The number of aliphatic hydroxyl groups excluding tert-OH is 1. The standard InChI is InChI=1S/C16H26F3N3O3Si/c1-26(2,3)7-6-25-10-22-15(24)14(16(17,18)19)12(8-20-22)21-13(9-23)11-4-5-11/h8,11,13,21,23H,4-7,9-10H2,1-3H3. The molecule has 2 N–H and O–H groups in total. The normalized spacial score (nSPS) is 16.6. The van der Waals surface area contributed by atoms with Crippen LogP contribution >= 0.6 is 0 Å². The lowest BCUT2D eigenvalue weighted by Crippen LogP contribution is -2.35.